The van der Waals surface area contributed by atoms with E-state index in [1.54, 1.807) is 7.11 Å². The molecule has 0 aromatic heterocycles. The van der Waals surface area contributed by atoms with E-state index in [2.05, 4.69) is 34.1 Å². The number of benzene rings is 2. The monoisotopic (exact) mass is 331 g/mol. The molecule has 20 heavy (non-hydrogen) atoms. The lowest BCUT2D eigenvalue weighted by atomic mass is 9.96. The first-order valence-electron chi connectivity index (χ1n) is 6.90. The number of rotatable bonds is 3. The van der Waals surface area contributed by atoms with E-state index < -0.39 is 0 Å². The van der Waals surface area contributed by atoms with E-state index in [4.69, 9.17) is 10.5 Å². The molecule has 2 N–H and O–H groups in total. The molecule has 2 aromatic carbocycles. The Bertz CT molecular complexity index is 639. The zero-order chi connectivity index (χ0) is 14.1. The van der Waals surface area contributed by atoms with Crippen molar-refractivity contribution in [2.24, 2.45) is 5.73 Å². The molecule has 3 heteroatoms. The molecule has 2 nitrogen and oxygen atoms in total. The number of methoxy groups -OCH3 is 1. The second kappa shape index (κ2) is 5.58. The summed E-state index contributed by atoms with van der Waals surface area (Å²) in [6.07, 6.45) is 3.63. The van der Waals surface area contributed by atoms with E-state index in [0.29, 0.717) is 0 Å². The van der Waals surface area contributed by atoms with Gasteiger partial charge >= 0.3 is 0 Å². The smallest absolute Gasteiger partial charge is 0.124 e. The Morgan fingerprint density at radius 1 is 1.10 bits per heavy atom. The van der Waals surface area contributed by atoms with Crippen molar-refractivity contribution in [3.05, 3.63) is 63.1 Å². The van der Waals surface area contributed by atoms with Gasteiger partial charge in [0.05, 0.1) is 13.2 Å². The summed E-state index contributed by atoms with van der Waals surface area (Å²) in [5, 5.41) is 0. The fourth-order valence-corrected chi connectivity index (χ4v) is 3.29. The molecule has 0 heterocycles. The highest BCUT2D eigenvalue weighted by molar-refractivity contribution is 9.10. The van der Waals surface area contributed by atoms with E-state index in [0.717, 1.165) is 21.3 Å². The first-order valence-corrected chi connectivity index (χ1v) is 7.69. The molecule has 1 aliphatic carbocycles. The number of halogens is 1. The van der Waals surface area contributed by atoms with Gasteiger partial charge in [-0.3, -0.25) is 0 Å². The number of hydrogen-bond acceptors (Lipinski definition) is 2. The van der Waals surface area contributed by atoms with Crippen LogP contribution in [0.2, 0.25) is 0 Å². The second-order valence-electron chi connectivity index (χ2n) is 5.25. The fourth-order valence-electron chi connectivity index (χ4n) is 2.91. The summed E-state index contributed by atoms with van der Waals surface area (Å²) >= 11 is 3.50. The molecule has 2 aromatic rings. The molecule has 1 unspecified atom stereocenters. The van der Waals surface area contributed by atoms with E-state index in [1.807, 2.05) is 18.2 Å². The molecule has 3 rings (SSSR count). The van der Waals surface area contributed by atoms with Gasteiger partial charge in [0.25, 0.3) is 0 Å². The Morgan fingerprint density at radius 2 is 1.90 bits per heavy atom. The summed E-state index contributed by atoms with van der Waals surface area (Å²) in [5.74, 6) is 0.834. The molecular formula is C17H18BrNO. The molecule has 0 spiro atoms. The minimum atomic E-state index is -0.159. The van der Waals surface area contributed by atoms with Crippen LogP contribution in [0.5, 0.6) is 5.75 Å². The van der Waals surface area contributed by atoms with E-state index >= 15 is 0 Å². The Labute approximate surface area is 128 Å². The van der Waals surface area contributed by atoms with Crippen LogP contribution in [0.3, 0.4) is 0 Å². The van der Waals surface area contributed by atoms with Crippen LogP contribution in [0.4, 0.5) is 0 Å². The van der Waals surface area contributed by atoms with Gasteiger partial charge in [0.1, 0.15) is 5.75 Å². The lowest BCUT2D eigenvalue weighted by Gasteiger charge is -2.17. The van der Waals surface area contributed by atoms with Crippen molar-refractivity contribution in [2.45, 2.75) is 25.3 Å². The molecule has 0 saturated heterocycles. The van der Waals surface area contributed by atoms with E-state index in [9.17, 15) is 0 Å². The number of hydrogen-bond donors (Lipinski definition) is 1. The van der Waals surface area contributed by atoms with Crippen LogP contribution in [0.15, 0.2) is 40.9 Å². The first kappa shape index (κ1) is 13.7. The molecule has 0 bridgehead atoms. The van der Waals surface area contributed by atoms with Gasteiger partial charge in [-0.1, -0.05) is 34.1 Å². The second-order valence-corrected chi connectivity index (χ2v) is 6.16. The predicted octanol–water partition coefficient (Wildman–Crippen LogP) is 3.99. The summed E-state index contributed by atoms with van der Waals surface area (Å²) in [4.78, 5) is 0. The third-order valence-electron chi connectivity index (χ3n) is 4.01. The zero-order valence-electron chi connectivity index (χ0n) is 11.5. The molecular weight excluding hydrogens is 314 g/mol. The minimum Gasteiger partial charge on any atom is -0.496 e. The van der Waals surface area contributed by atoms with Gasteiger partial charge in [-0.2, -0.15) is 0 Å². The Morgan fingerprint density at radius 3 is 2.70 bits per heavy atom. The molecule has 104 valence electrons. The summed E-state index contributed by atoms with van der Waals surface area (Å²) in [5.41, 5.74) is 11.5. The fraction of sp³-hybridized carbons (Fsp3) is 0.294. The van der Waals surface area contributed by atoms with Crippen LogP contribution in [-0.4, -0.2) is 7.11 Å². The summed E-state index contributed by atoms with van der Waals surface area (Å²) in [7, 11) is 1.68. The summed E-state index contributed by atoms with van der Waals surface area (Å²) in [6.45, 7) is 0. The van der Waals surface area contributed by atoms with Crippen molar-refractivity contribution in [3.63, 3.8) is 0 Å². The van der Waals surface area contributed by atoms with Gasteiger partial charge in [0.15, 0.2) is 0 Å². The standard InChI is InChI=1S/C17H18BrNO/c1-20-16-8-7-14(18)10-15(16)17(19)13-6-5-11-3-2-4-12(11)9-13/h5-10,17H,2-4,19H2,1H3. The quantitative estimate of drug-likeness (QED) is 0.922. The highest BCUT2D eigenvalue weighted by Gasteiger charge is 2.17. The highest BCUT2D eigenvalue weighted by atomic mass is 79.9. The van der Waals surface area contributed by atoms with Crippen molar-refractivity contribution in [1.29, 1.82) is 0 Å². The van der Waals surface area contributed by atoms with Crippen LogP contribution in [0.1, 0.15) is 34.7 Å². The van der Waals surface area contributed by atoms with Crippen molar-refractivity contribution < 1.29 is 4.74 Å². The van der Waals surface area contributed by atoms with Crippen LogP contribution >= 0.6 is 15.9 Å². The number of aryl methyl sites for hydroxylation is 2. The zero-order valence-corrected chi connectivity index (χ0v) is 13.1. The van der Waals surface area contributed by atoms with Gasteiger partial charge in [-0.15, -0.1) is 0 Å². The van der Waals surface area contributed by atoms with Gasteiger partial charge in [0.2, 0.25) is 0 Å². The molecule has 0 aliphatic heterocycles. The van der Waals surface area contributed by atoms with Gasteiger partial charge in [0, 0.05) is 10.0 Å². The molecule has 0 fully saturated rings. The molecule has 1 atom stereocenters. The highest BCUT2D eigenvalue weighted by Crippen LogP contribution is 2.33. The van der Waals surface area contributed by atoms with Crippen molar-refractivity contribution in [3.8, 4) is 5.75 Å². The molecule has 0 amide bonds. The third kappa shape index (κ3) is 2.48. The molecule has 1 aliphatic rings. The van der Waals surface area contributed by atoms with Crippen LogP contribution < -0.4 is 10.5 Å². The predicted molar refractivity (Wildman–Crippen MR) is 85.2 cm³/mol. The lowest BCUT2D eigenvalue weighted by Crippen LogP contribution is -2.13. The molecule has 0 saturated carbocycles. The lowest BCUT2D eigenvalue weighted by molar-refractivity contribution is 0.407. The maximum Gasteiger partial charge on any atom is 0.124 e. The Balaban J connectivity index is 2.00. The van der Waals surface area contributed by atoms with E-state index in [-0.39, 0.29) is 6.04 Å². The summed E-state index contributed by atoms with van der Waals surface area (Å²) in [6, 6.07) is 12.4. The van der Waals surface area contributed by atoms with E-state index in [1.165, 1.54) is 30.4 Å². The molecule has 0 radical (unpaired) electrons. The average Bonchev–Trinajstić information content (AvgIpc) is 2.93. The maximum absolute atomic E-state index is 6.45. The Kier molecular flexibility index (Phi) is 3.81. The van der Waals surface area contributed by atoms with Crippen molar-refractivity contribution in [2.75, 3.05) is 7.11 Å². The largest absolute Gasteiger partial charge is 0.496 e. The van der Waals surface area contributed by atoms with Crippen LogP contribution in [-0.2, 0) is 12.8 Å². The van der Waals surface area contributed by atoms with Crippen molar-refractivity contribution in [1.82, 2.24) is 0 Å². The minimum absolute atomic E-state index is 0.159. The maximum atomic E-state index is 6.45. The van der Waals surface area contributed by atoms with Crippen LogP contribution in [0.25, 0.3) is 0 Å². The first-order chi connectivity index (χ1) is 9.69. The summed E-state index contributed by atoms with van der Waals surface area (Å²) < 4.78 is 6.45. The van der Waals surface area contributed by atoms with Gasteiger partial charge < -0.3 is 10.5 Å². The van der Waals surface area contributed by atoms with Gasteiger partial charge in [-0.05, 0) is 54.2 Å². The Hall–Kier alpha value is -1.32. The number of ether oxygens (including phenoxy) is 1. The normalized spacial score (nSPS) is 14.9. The van der Waals surface area contributed by atoms with Crippen LogP contribution in [0, 0.1) is 0 Å². The van der Waals surface area contributed by atoms with Gasteiger partial charge in [-0.25, -0.2) is 0 Å². The SMILES string of the molecule is COc1ccc(Br)cc1C(N)c1ccc2c(c1)CCC2. The topological polar surface area (TPSA) is 35.2 Å². The number of fused-ring (bicyclic) bond motifs is 1. The number of nitrogens with two attached hydrogens (primary N) is 1. The van der Waals surface area contributed by atoms with Crippen molar-refractivity contribution >= 4 is 15.9 Å². The average molecular weight is 332 g/mol. The third-order valence-corrected chi connectivity index (χ3v) is 4.50.